The van der Waals surface area contributed by atoms with Crippen LogP contribution in [0, 0.1) is 27.7 Å². The number of benzene rings is 5. The van der Waals surface area contributed by atoms with Crippen LogP contribution in [0.5, 0.6) is 0 Å². The highest BCUT2D eigenvalue weighted by molar-refractivity contribution is 6.89. The Morgan fingerprint density at radius 1 is 0.418 bits per heavy atom. The molecule has 0 unspecified atom stereocenters. The third-order valence-corrected chi connectivity index (χ3v) is 14.7. The topological polar surface area (TPSA) is 29.0 Å². The maximum absolute atomic E-state index is 5.07. The van der Waals surface area contributed by atoms with Gasteiger partial charge in [-0.3, -0.25) is 9.97 Å². The molecule has 0 aliphatic heterocycles. The van der Waals surface area contributed by atoms with Crippen molar-refractivity contribution in [2.24, 2.45) is 0 Å². The van der Waals surface area contributed by atoms with Gasteiger partial charge >= 0.3 is 0 Å². The molecule has 0 aliphatic carbocycles. The average molecular weight is 752 g/mol. The first-order valence-electron chi connectivity index (χ1n) is 19.4. The summed E-state index contributed by atoms with van der Waals surface area (Å²) in [6.45, 7) is 23.4. The fourth-order valence-electron chi connectivity index (χ4n) is 7.25. The van der Waals surface area contributed by atoms with E-state index in [0.717, 1.165) is 33.9 Å². The monoisotopic (exact) mass is 751 g/mol. The molecule has 0 fully saturated rings. The molecular weight excluding hydrogens is 699 g/mol. The Kier molecular flexibility index (Phi) is 10.4. The van der Waals surface area contributed by atoms with Crippen LogP contribution in [-0.2, 0) is 0 Å². The molecule has 0 amide bonds. The average Bonchev–Trinajstić information content (AvgIpc) is 3.16. The first kappa shape index (κ1) is 37.9. The van der Waals surface area contributed by atoms with E-state index < -0.39 is 16.1 Å². The second kappa shape index (κ2) is 15.0. The number of pyridine rings is 2. The quantitative estimate of drug-likeness (QED) is 0.138. The Morgan fingerprint density at radius 2 is 0.855 bits per heavy atom. The zero-order valence-electron chi connectivity index (χ0n) is 34.1. The summed E-state index contributed by atoms with van der Waals surface area (Å²) in [5.74, 6) is 0. The second-order valence-electron chi connectivity index (χ2n) is 17.2. The molecule has 3 nitrogen and oxygen atoms in total. The van der Waals surface area contributed by atoms with Crippen molar-refractivity contribution in [1.29, 1.82) is 0 Å². The van der Waals surface area contributed by atoms with E-state index in [0.29, 0.717) is 0 Å². The van der Waals surface area contributed by atoms with Crippen molar-refractivity contribution < 1.29 is 0 Å². The minimum absolute atomic E-state index is 0.987. The van der Waals surface area contributed by atoms with Crippen molar-refractivity contribution in [2.75, 3.05) is 4.90 Å². The first-order valence-corrected chi connectivity index (χ1v) is 26.4. The number of hydrogen-bond acceptors (Lipinski definition) is 3. The van der Waals surface area contributed by atoms with Gasteiger partial charge in [0.25, 0.3) is 0 Å². The second-order valence-corrected chi connectivity index (χ2v) is 27.3. The van der Waals surface area contributed by atoms with Crippen LogP contribution in [0.1, 0.15) is 22.3 Å². The molecule has 2 heterocycles. The smallest absolute Gasteiger partial charge is 0.0777 e. The zero-order valence-corrected chi connectivity index (χ0v) is 36.1. The lowest BCUT2D eigenvalue weighted by atomic mass is 9.98. The van der Waals surface area contributed by atoms with Crippen LogP contribution in [0.4, 0.5) is 17.1 Å². The van der Waals surface area contributed by atoms with E-state index >= 15 is 0 Å². The minimum atomic E-state index is -1.80. The summed E-state index contributed by atoms with van der Waals surface area (Å²) in [5, 5.41) is 2.79. The standard InChI is InChI=1S/C50H53N3Si2/c1-34-21-22-35(2)50(23-34)53(42-24-40(26-44(28-42)54(5,6)7)48-30-46(36(3)32-51-48)38-17-13-11-14-18-38)43-25-41(27-45(29-43)55(8,9)10)49-31-47(37(4)33-52-49)39-19-15-12-16-20-39/h11-33H,1-10H3. The van der Waals surface area contributed by atoms with Gasteiger partial charge in [-0.25, -0.2) is 0 Å². The van der Waals surface area contributed by atoms with Crippen LogP contribution < -0.4 is 15.3 Å². The summed E-state index contributed by atoms with van der Waals surface area (Å²) in [7, 11) is -3.59. The maximum Gasteiger partial charge on any atom is 0.0777 e. The molecule has 0 radical (unpaired) electrons. The van der Waals surface area contributed by atoms with E-state index in [1.165, 1.54) is 60.6 Å². The van der Waals surface area contributed by atoms with Gasteiger partial charge < -0.3 is 4.90 Å². The van der Waals surface area contributed by atoms with Gasteiger partial charge in [-0.1, -0.05) is 135 Å². The van der Waals surface area contributed by atoms with E-state index in [1.54, 1.807) is 0 Å². The van der Waals surface area contributed by atoms with Crippen molar-refractivity contribution >= 4 is 43.6 Å². The predicted molar refractivity (Wildman–Crippen MR) is 243 cm³/mol. The SMILES string of the molecule is Cc1ccc(C)c(N(c2cc(-c3cc(-c4ccccc4)c(C)cn3)cc([Si](C)(C)C)c2)c2cc(-c3cc(-c4ccccc4)c(C)cn3)cc([Si](C)(C)C)c2)c1. The fraction of sp³-hybridized carbons (Fsp3) is 0.200. The molecule has 5 heteroatoms. The molecular formula is C50H53N3Si2. The van der Waals surface area contributed by atoms with Crippen molar-refractivity contribution in [3.8, 4) is 44.8 Å². The van der Waals surface area contributed by atoms with Gasteiger partial charge in [0, 0.05) is 40.6 Å². The van der Waals surface area contributed by atoms with Crippen LogP contribution in [0.2, 0.25) is 39.3 Å². The molecule has 0 saturated heterocycles. The predicted octanol–water partition coefficient (Wildman–Crippen LogP) is 12.9. The highest BCUT2D eigenvalue weighted by Gasteiger charge is 2.26. The van der Waals surface area contributed by atoms with E-state index in [9.17, 15) is 0 Å². The lowest BCUT2D eigenvalue weighted by Gasteiger charge is -2.31. The van der Waals surface area contributed by atoms with Gasteiger partial charge in [-0.15, -0.1) is 0 Å². The Balaban J connectivity index is 1.49. The Hall–Kier alpha value is -5.37. The molecule has 0 saturated carbocycles. The van der Waals surface area contributed by atoms with Gasteiger partial charge in [0.1, 0.15) is 0 Å². The van der Waals surface area contributed by atoms with Crippen LogP contribution in [0.3, 0.4) is 0 Å². The molecule has 5 aromatic carbocycles. The molecule has 0 atom stereocenters. The molecule has 276 valence electrons. The summed E-state index contributed by atoms with van der Waals surface area (Å²) in [6.07, 6.45) is 4.06. The number of hydrogen-bond donors (Lipinski definition) is 0. The highest BCUT2D eigenvalue weighted by Crippen LogP contribution is 2.41. The van der Waals surface area contributed by atoms with Crippen LogP contribution >= 0.6 is 0 Å². The highest BCUT2D eigenvalue weighted by atomic mass is 28.3. The van der Waals surface area contributed by atoms with Gasteiger partial charge in [0.15, 0.2) is 0 Å². The number of aryl methyl sites for hydroxylation is 4. The largest absolute Gasteiger partial charge is 0.310 e. The zero-order chi connectivity index (χ0) is 39.1. The number of rotatable bonds is 9. The van der Waals surface area contributed by atoms with Gasteiger partial charge in [0.05, 0.1) is 27.5 Å². The minimum Gasteiger partial charge on any atom is -0.310 e. The molecule has 0 spiro atoms. The molecule has 55 heavy (non-hydrogen) atoms. The summed E-state index contributed by atoms with van der Waals surface area (Å²) < 4.78 is 0. The molecule has 0 N–H and O–H groups in total. The molecule has 7 aromatic rings. The first-order chi connectivity index (χ1) is 26.2. The number of aromatic nitrogens is 2. The summed E-state index contributed by atoms with van der Waals surface area (Å²) in [4.78, 5) is 12.6. The summed E-state index contributed by atoms with van der Waals surface area (Å²) >= 11 is 0. The Labute approximate surface area is 330 Å². The third-order valence-electron chi connectivity index (χ3n) is 10.7. The summed E-state index contributed by atoms with van der Waals surface area (Å²) in [5.41, 5.74) is 17.4. The Bertz CT molecular complexity index is 2340. The van der Waals surface area contributed by atoms with Gasteiger partial charge in [-0.2, -0.15) is 0 Å². The lowest BCUT2D eigenvalue weighted by molar-refractivity contribution is 1.23. The van der Waals surface area contributed by atoms with E-state index in [1.807, 2.05) is 12.4 Å². The van der Waals surface area contributed by atoms with Crippen LogP contribution in [0.15, 0.2) is 140 Å². The van der Waals surface area contributed by atoms with Crippen LogP contribution in [0.25, 0.3) is 44.8 Å². The van der Waals surface area contributed by atoms with Crippen molar-refractivity contribution in [2.45, 2.75) is 67.0 Å². The van der Waals surface area contributed by atoms with E-state index in [-0.39, 0.29) is 0 Å². The lowest BCUT2D eigenvalue weighted by Crippen LogP contribution is -2.38. The van der Waals surface area contributed by atoms with Crippen molar-refractivity contribution in [3.63, 3.8) is 0 Å². The number of nitrogens with zero attached hydrogens (tertiary/aromatic N) is 3. The van der Waals surface area contributed by atoms with Crippen molar-refractivity contribution in [1.82, 2.24) is 9.97 Å². The Morgan fingerprint density at radius 3 is 1.27 bits per heavy atom. The third kappa shape index (κ3) is 8.19. The van der Waals surface area contributed by atoms with Gasteiger partial charge in [0.2, 0.25) is 0 Å². The van der Waals surface area contributed by atoms with E-state index in [4.69, 9.17) is 9.97 Å². The van der Waals surface area contributed by atoms with Crippen LogP contribution in [-0.4, -0.2) is 26.1 Å². The maximum atomic E-state index is 5.07. The molecule has 0 bridgehead atoms. The molecule has 2 aromatic heterocycles. The van der Waals surface area contributed by atoms with Crippen molar-refractivity contribution in [3.05, 3.63) is 162 Å². The molecule has 7 rings (SSSR count). The number of anilines is 3. The van der Waals surface area contributed by atoms with E-state index in [2.05, 4.69) is 199 Å². The fourth-order valence-corrected chi connectivity index (χ4v) is 9.59. The summed E-state index contributed by atoms with van der Waals surface area (Å²) in [6, 6.07) is 47.1. The molecule has 0 aliphatic rings. The van der Waals surface area contributed by atoms with Gasteiger partial charge in [-0.05, 0) is 115 Å². The normalized spacial score (nSPS) is 11.8.